The molecule has 1 aromatic carbocycles. The molecule has 0 N–H and O–H groups in total. The first-order valence-corrected chi connectivity index (χ1v) is 10.4. The molecule has 2 fully saturated rings. The van der Waals surface area contributed by atoms with Gasteiger partial charge in [-0.05, 0) is 78.8 Å². The predicted molar refractivity (Wildman–Crippen MR) is 120 cm³/mol. The summed E-state index contributed by atoms with van der Waals surface area (Å²) in [5.41, 5.74) is 0.594. The normalized spacial score (nSPS) is 24.7. The third kappa shape index (κ3) is 4.27. The summed E-state index contributed by atoms with van der Waals surface area (Å²) in [5, 5.41) is 0.845. The molecular formula is C23H34B2O4. The van der Waals surface area contributed by atoms with Gasteiger partial charge in [-0.25, -0.2) is 0 Å². The lowest BCUT2D eigenvalue weighted by Gasteiger charge is -2.32. The van der Waals surface area contributed by atoms with Gasteiger partial charge in [0.15, 0.2) is 0 Å². The molecule has 0 radical (unpaired) electrons. The highest BCUT2D eigenvalue weighted by Crippen LogP contribution is 2.43. The Labute approximate surface area is 176 Å². The quantitative estimate of drug-likeness (QED) is 0.513. The van der Waals surface area contributed by atoms with Crippen molar-refractivity contribution in [2.24, 2.45) is 0 Å². The summed E-state index contributed by atoms with van der Waals surface area (Å²) in [6, 6.07) is 10.3. The van der Waals surface area contributed by atoms with Crippen LogP contribution in [0.2, 0.25) is 0 Å². The number of hydrogen-bond donors (Lipinski definition) is 0. The van der Waals surface area contributed by atoms with Gasteiger partial charge in [0.25, 0.3) is 0 Å². The van der Waals surface area contributed by atoms with Crippen molar-refractivity contribution in [3.8, 4) is 0 Å². The highest BCUT2D eigenvalue weighted by atomic mass is 16.7. The van der Waals surface area contributed by atoms with E-state index in [4.69, 9.17) is 18.6 Å². The average Bonchev–Trinajstić information content (AvgIpc) is 2.95. The van der Waals surface area contributed by atoms with E-state index in [9.17, 15) is 0 Å². The number of rotatable bonds is 4. The molecule has 2 aliphatic rings. The van der Waals surface area contributed by atoms with Gasteiger partial charge in [0, 0.05) is 0 Å². The van der Waals surface area contributed by atoms with E-state index in [0.29, 0.717) is 0 Å². The van der Waals surface area contributed by atoms with E-state index in [1.54, 1.807) is 0 Å². The first-order valence-electron chi connectivity index (χ1n) is 10.4. The van der Waals surface area contributed by atoms with E-state index in [-0.39, 0.29) is 0 Å². The van der Waals surface area contributed by atoms with Crippen LogP contribution in [0.5, 0.6) is 0 Å². The second-order valence-corrected chi connectivity index (χ2v) is 10.1. The monoisotopic (exact) mass is 396 g/mol. The summed E-state index contributed by atoms with van der Waals surface area (Å²) in [7, 11) is -1.07. The van der Waals surface area contributed by atoms with Crippen LogP contribution in [0.1, 0.15) is 67.9 Å². The molecule has 4 nitrogen and oxygen atoms in total. The Hall–Kier alpha value is -1.33. The van der Waals surface area contributed by atoms with Crippen molar-refractivity contribution in [2.75, 3.05) is 0 Å². The molecule has 2 heterocycles. The van der Waals surface area contributed by atoms with Crippen LogP contribution in [0.15, 0.2) is 47.9 Å². The average molecular weight is 396 g/mol. The van der Waals surface area contributed by atoms with Crippen LogP contribution < -0.4 is 0 Å². The largest absolute Gasteiger partial charge is 0.486 e. The molecule has 0 aliphatic carbocycles. The Balaban J connectivity index is 1.97. The zero-order valence-corrected chi connectivity index (χ0v) is 19.3. The molecule has 156 valence electrons. The van der Waals surface area contributed by atoms with Gasteiger partial charge in [0.05, 0.1) is 22.4 Å². The molecule has 0 unspecified atom stereocenters. The van der Waals surface area contributed by atoms with Crippen LogP contribution >= 0.6 is 0 Å². The maximum Gasteiger partial charge on any atom is 0.486 e. The second kappa shape index (κ2) is 7.42. The molecule has 0 amide bonds. The van der Waals surface area contributed by atoms with Gasteiger partial charge in [-0.3, -0.25) is 0 Å². The van der Waals surface area contributed by atoms with Crippen LogP contribution in [0.4, 0.5) is 0 Å². The molecule has 0 spiro atoms. The van der Waals surface area contributed by atoms with E-state index in [0.717, 1.165) is 10.9 Å². The molecule has 0 aromatic heterocycles. The summed E-state index contributed by atoms with van der Waals surface area (Å²) in [6.45, 7) is 18.5. The van der Waals surface area contributed by atoms with Crippen molar-refractivity contribution >= 4 is 19.8 Å². The molecular weight excluding hydrogens is 362 g/mol. The smallest absolute Gasteiger partial charge is 0.400 e. The summed E-state index contributed by atoms with van der Waals surface area (Å²) in [4.78, 5) is 0. The standard InChI is InChI=1S/C23H34B2O4/c1-17(18-13-11-10-12-14-18)15-16-19(24-26-20(2,3)21(4,5)27-24)25-28-22(6,7)23(8,9)29-25/h10-16H,1-9H3/b17-15+. The lowest BCUT2D eigenvalue weighted by molar-refractivity contribution is 0.00578. The molecule has 3 rings (SSSR count). The SMILES string of the molecule is C/C(=C\C=C(B1OC(C)(C)C(C)(C)O1)B1OC(C)(C)C(C)(C)O1)c1ccccc1. The molecule has 2 aliphatic heterocycles. The van der Waals surface area contributed by atoms with Gasteiger partial charge in [0.2, 0.25) is 0 Å². The summed E-state index contributed by atoms with van der Waals surface area (Å²) in [6.07, 6.45) is 4.12. The highest BCUT2D eigenvalue weighted by molar-refractivity contribution is 6.78. The second-order valence-electron chi connectivity index (χ2n) is 10.1. The molecule has 0 atom stereocenters. The van der Waals surface area contributed by atoms with E-state index in [1.165, 1.54) is 5.56 Å². The minimum Gasteiger partial charge on any atom is -0.400 e. The number of allylic oxidation sites excluding steroid dienone is 3. The van der Waals surface area contributed by atoms with Gasteiger partial charge in [0.1, 0.15) is 0 Å². The van der Waals surface area contributed by atoms with Gasteiger partial charge in [-0.2, -0.15) is 0 Å². The van der Waals surface area contributed by atoms with E-state index in [1.807, 2.05) is 24.3 Å². The minimum atomic E-state index is -0.533. The van der Waals surface area contributed by atoms with Gasteiger partial charge in [-0.15, -0.1) is 0 Å². The van der Waals surface area contributed by atoms with E-state index < -0.39 is 36.6 Å². The van der Waals surface area contributed by atoms with Crippen LogP contribution in [-0.4, -0.2) is 36.6 Å². The van der Waals surface area contributed by atoms with Gasteiger partial charge < -0.3 is 18.6 Å². The Morgan fingerprint density at radius 3 is 1.41 bits per heavy atom. The van der Waals surface area contributed by atoms with Crippen molar-refractivity contribution in [1.29, 1.82) is 0 Å². The topological polar surface area (TPSA) is 36.9 Å². The number of hydrogen-bond acceptors (Lipinski definition) is 4. The zero-order chi connectivity index (χ0) is 21.7. The van der Waals surface area contributed by atoms with Crippen LogP contribution in [-0.2, 0) is 18.6 Å². The van der Waals surface area contributed by atoms with E-state index in [2.05, 4.69) is 80.5 Å². The molecule has 29 heavy (non-hydrogen) atoms. The summed E-state index contributed by atoms with van der Waals surface area (Å²) in [5.74, 6) is 0. The fraction of sp³-hybridized carbons (Fsp3) is 0.565. The van der Waals surface area contributed by atoms with Gasteiger partial charge >= 0.3 is 14.2 Å². The van der Waals surface area contributed by atoms with Crippen LogP contribution in [0, 0.1) is 0 Å². The molecule has 2 saturated heterocycles. The third-order valence-electron chi connectivity index (χ3n) is 6.81. The molecule has 0 saturated carbocycles. The lowest BCUT2D eigenvalue weighted by atomic mass is 9.57. The van der Waals surface area contributed by atoms with Crippen molar-refractivity contribution in [1.82, 2.24) is 0 Å². The third-order valence-corrected chi connectivity index (χ3v) is 6.81. The predicted octanol–water partition coefficient (Wildman–Crippen LogP) is 5.28. The van der Waals surface area contributed by atoms with E-state index >= 15 is 0 Å². The first-order chi connectivity index (χ1) is 13.3. The van der Waals surface area contributed by atoms with Crippen molar-refractivity contribution in [3.05, 3.63) is 53.4 Å². The minimum absolute atomic E-state index is 0.432. The van der Waals surface area contributed by atoms with Crippen molar-refractivity contribution in [2.45, 2.75) is 84.7 Å². The Kier molecular flexibility index (Phi) is 5.72. The fourth-order valence-corrected chi connectivity index (χ4v) is 3.25. The Morgan fingerprint density at radius 1 is 0.655 bits per heavy atom. The summed E-state index contributed by atoms with van der Waals surface area (Å²) >= 11 is 0. The number of benzene rings is 1. The Morgan fingerprint density at radius 2 is 1.03 bits per heavy atom. The molecule has 1 aromatic rings. The molecule has 6 heteroatoms. The zero-order valence-electron chi connectivity index (χ0n) is 19.3. The lowest BCUT2D eigenvalue weighted by Crippen LogP contribution is -2.41. The molecule has 0 bridgehead atoms. The van der Waals surface area contributed by atoms with Crippen LogP contribution in [0.25, 0.3) is 5.57 Å². The van der Waals surface area contributed by atoms with Crippen molar-refractivity contribution in [3.63, 3.8) is 0 Å². The first kappa shape index (κ1) is 22.4. The van der Waals surface area contributed by atoms with Gasteiger partial charge in [-0.1, -0.05) is 42.5 Å². The Bertz CT molecular complexity index is 739. The van der Waals surface area contributed by atoms with Crippen molar-refractivity contribution < 1.29 is 18.6 Å². The maximum atomic E-state index is 6.33. The highest BCUT2D eigenvalue weighted by Gasteiger charge is 2.59. The summed E-state index contributed by atoms with van der Waals surface area (Å²) < 4.78 is 25.3. The maximum absolute atomic E-state index is 6.33. The fourth-order valence-electron chi connectivity index (χ4n) is 3.25. The van der Waals surface area contributed by atoms with Crippen LogP contribution in [0.3, 0.4) is 0 Å².